The van der Waals surface area contributed by atoms with Gasteiger partial charge in [0.15, 0.2) is 5.76 Å². The molecule has 2 heterocycles. The Morgan fingerprint density at radius 3 is 2.85 bits per heavy atom. The van der Waals surface area contributed by atoms with Crippen molar-refractivity contribution in [2.45, 2.75) is 25.8 Å². The van der Waals surface area contributed by atoms with E-state index in [1.165, 1.54) is 12.1 Å². The van der Waals surface area contributed by atoms with Crippen LogP contribution in [-0.2, 0) is 0 Å². The molecule has 0 radical (unpaired) electrons. The summed E-state index contributed by atoms with van der Waals surface area (Å²) in [5.41, 5.74) is 5.72. The molecular weight excluding hydrogens is 286 g/mol. The van der Waals surface area contributed by atoms with Crippen LogP contribution in [0.3, 0.4) is 0 Å². The first-order valence-electron chi connectivity index (χ1n) is 6.30. The standard InChI is InChI=1S/C12H17N3O4.ClH/c1-8-3-2-6-14(9(8)7-13)12(16)10-4-5-11(19-10)15(17)18;/h4-5,8-9H,2-3,6-7,13H2,1H3;1H. The van der Waals surface area contributed by atoms with Crippen molar-refractivity contribution in [2.75, 3.05) is 13.1 Å². The quantitative estimate of drug-likeness (QED) is 0.677. The van der Waals surface area contributed by atoms with E-state index in [-0.39, 0.29) is 30.1 Å². The van der Waals surface area contributed by atoms with Gasteiger partial charge in [-0.05, 0) is 24.8 Å². The zero-order valence-corrected chi connectivity index (χ0v) is 12.0. The lowest BCUT2D eigenvalue weighted by molar-refractivity contribution is -0.402. The van der Waals surface area contributed by atoms with Gasteiger partial charge in [0, 0.05) is 19.1 Å². The summed E-state index contributed by atoms with van der Waals surface area (Å²) < 4.78 is 4.96. The van der Waals surface area contributed by atoms with Crippen molar-refractivity contribution in [3.63, 3.8) is 0 Å². The van der Waals surface area contributed by atoms with Crippen LogP contribution in [-0.4, -0.2) is 34.9 Å². The first-order valence-corrected chi connectivity index (χ1v) is 6.30. The molecule has 1 aliphatic heterocycles. The largest absolute Gasteiger partial charge is 0.433 e. The molecule has 0 aromatic carbocycles. The molecule has 0 aliphatic carbocycles. The molecule has 1 aromatic rings. The Labute approximate surface area is 122 Å². The van der Waals surface area contributed by atoms with Crippen LogP contribution in [0.25, 0.3) is 0 Å². The van der Waals surface area contributed by atoms with E-state index in [0.29, 0.717) is 19.0 Å². The number of nitrogens with zero attached hydrogens (tertiary/aromatic N) is 2. The Bertz CT molecular complexity index is 491. The molecule has 1 aromatic heterocycles. The van der Waals surface area contributed by atoms with Gasteiger partial charge in [-0.15, -0.1) is 12.4 Å². The van der Waals surface area contributed by atoms with Gasteiger partial charge in [-0.1, -0.05) is 6.92 Å². The number of nitro groups is 1. The molecule has 2 N–H and O–H groups in total. The first-order chi connectivity index (χ1) is 9.04. The second-order valence-electron chi connectivity index (χ2n) is 4.82. The van der Waals surface area contributed by atoms with Gasteiger partial charge in [-0.2, -0.15) is 0 Å². The SMILES string of the molecule is CC1CCCN(C(=O)c2ccc([N+](=O)[O-])o2)C1CN.Cl. The molecule has 112 valence electrons. The molecule has 0 spiro atoms. The lowest BCUT2D eigenvalue weighted by Crippen LogP contribution is -2.51. The third-order valence-electron chi connectivity index (χ3n) is 3.60. The number of likely N-dealkylation sites (tertiary alicyclic amines) is 1. The van der Waals surface area contributed by atoms with Crippen molar-refractivity contribution >= 4 is 24.2 Å². The van der Waals surface area contributed by atoms with Crippen LogP contribution in [0.5, 0.6) is 0 Å². The maximum Gasteiger partial charge on any atom is 0.433 e. The number of furan rings is 1. The Kier molecular flexibility index (Phi) is 5.52. The fourth-order valence-corrected chi connectivity index (χ4v) is 2.54. The number of hydrogen-bond acceptors (Lipinski definition) is 5. The highest BCUT2D eigenvalue weighted by atomic mass is 35.5. The van der Waals surface area contributed by atoms with Crippen molar-refractivity contribution in [3.05, 3.63) is 28.0 Å². The van der Waals surface area contributed by atoms with Crippen LogP contribution in [0.4, 0.5) is 5.88 Å². The zero-order valence-electron chi connectivity index (χ0n) is 11.2. The summed E-state index contributed by atoms with van der Waals surface area (Å²) in [5, 5.41) is 10.6. The van der Waals surface area contributed by atoms with Crippen molar-refractivity contribution in [1.82, 2.24) is 4.90 Å². The number of hydrogen-bond donors (Lipinski definition) is 1. The molecule has 1 aliphatic rings. The molecule has 20 heavy (non-hydrogen) atoms. The van der Waals surface area contributed by atoms with Gasteiger partial charge in [-0.3, -0.25) is 14.9 Å². The van der Waals surface area contributed by atoms with E-state index in [1.807, 2.05) is 0 Å². The summed E-state index contributed by atoms with van der Waals surface area (Å²) >= 11 is 0. The van der Waals surface area contributed by atoms with Crippen LogP contribution >= 0.6 is 12.4 Å². The fraction of sp³-hybridized carbons (Fsp3) is 0.583. The van der Waals surface area contributed by atoms with Gasteiger partial charge in [0.2, 0.25) is 0 Å². The minimum absolute atomic E-state index is 0. The molecule has 1 amide bonds. The highest BCUT2D eigenvalue weighted by Gasteiger charge is 2.33. The number of halogens is 1. The fourth-order valence-electron chi connectivity index (χ4n) is 2.54. The summed E-state index contributed by atoms with van der Waals surface area (Å²) in [6.07, 6.45) is 1.94. The normalized spacial score (nSPS) is 22.2. The number of carbonyl (C=O) groups is 1. The lowest BCUT2D eigenvalue weighted by Gasteiger charge is -2.38. The zero-order chi connectivity index (χ0) is 14.0. The van der Waals surface area contributed by atoms with Gasteiger partial charge < -0.3 is 15.1 Å². The number of nitrogens with two attached hydrogens (primary N) is 1. The molecular formula is C12H18ClN3O4. The Hall–Kier alpha value is -1.60. The molecule has 0 bridgehead atoms. The lowest BCUT2D eigenvalue weighted by atomic mass is 9.90. The van der Waals surface area contributed by atoms with E-state index in [9.17, 15) is 14.9 Å². The molecule has 2 unspecified atom stereocenters. The summed E-state index contributed by atoms with van der Waals surface area (Å²) in [5.74, 6) is -0.417. The molecule has 7 nitrogen and oxygen atoms in total. The van der Waals surface area contributed by atoms with Gasteiger partial charge >= 0.3 is 5.88 Å². The predicted octanol–water partition coefficient (Wildman–Crippen LogP) is 1.81. The molecule has 0 saturated carbocycles. The monoisotopic (exact) mass is 303 g/mol. The van der Waals surface area contributed by atoms with Gasteiger partial charge in [0.05, 0.1) is 6.07 Å². The van der Waals surface area contributed by atoms with E-state index < -0.39 is 10.8 Å². The summed E-state index contributed by atoms with van der Waals surface area (Å²) in [6, 6.07) is 2.50. The van der Waals surface area contributed by atoms with Gasteiger partial charge in [0.1, 0.15) is 4.92 Å². The number of piperidine rings is 1. The smallest absolute Gasteiger partial charge is 0.395 e. The van der Waals surface area contributed by atoms with E-state index >= 15 is 0 Å². The highest BCUT2D eigenvalue weighted by molar-refractivity contribution is 5.92. The third kappa shape index (κ3) is 3.10. The van der Waals surface area contributed by atoms with Crippen LogP contribution in [0, 0.1) is 16.0 Å². The second-order valence-corrected chi connectivity index (χ2v) is 4.82. The molecule has 1 saturated heterocycles. The van der Waals surface area contributed by atoms with Crippen LogP contribution in [0.15, 0.2) is 16.5 Å². The Balaban J connectivity index is 0.00000200. The number of amides is 1. The topological polar surface area (TPSA) is 103 Å². The predicted molar refractivity (Wildman–Crippen MR) is 74.9 cm³/mol. The van der Waals surface area contributed by atoms with Crippen molar-refractivity contribution in [3.8, 4) is 0 Å². The van der Waals surface area contributed by atoms with E-state index in [1.54, 1.807) is 4.90 Å². The third-order valence-corrected chi connectivity index (χ3v) is 3.60. The van der Waals surface area contributed by atoms with E-state index in [0.717, 1.165) is 12.8 Å². The van der Waals surface area contributed by atoms with E-state index in [4.69, 9.17) is 10.2 Å². The van der Waals surface area contributed by atoms with Gasteiger partial charge in [0.25, 0.3) is 5.91 Å². The highest BCUT2D eigenvalue weighted by Crippen LogP contribution is 2.25. The van der Waals surface area contributed by atoms with Crippen molar-refractivity contribution in [2.24, 2.45) is 11.7 Å². The summed E-state index contributed by atoms with van der Waals surface area (Å²) in [6.45, 7) is 3.05. The second kappa shape index (κ2) is 6.71. The maximum atomic E-state index is 12.3. The Morgan fingerprint density at radius 1 is 1.60 bits per heavy atom. The van der Waals surface area contributed by atoms with Crippen molar-refractivity contribution < 1.29 is 14.1 Å². The minimum atomic E-state index is -0.657. The molecule has 2 rings (SSSR count). The maximum absolute atomic E-state index is 12.3. The van der Waals surface area contributed by atoms with Crippen molar-refractivity contribution in [1.29, 1.82) is 0 Å². The summed E-state index contributed by atoms with van der Waals surface area (Å²) in [7, 11) is 0. The average Bonchev–Trinajstić information content (AvgIpc) is 2.87. The number of rotatable bonds is 3. The molecule has 8 heteroatoms. The van der Waals surface area contributed by atoms with Crippen LogP contribution < -0.4 is 5.73 Å². The van der Waals surface area contributed by atoms with E-state index in [2.05, 4.69) is 6.92 Å². The minimum Gasteiger partial charge on any atom is -0.395 e. The Morgan fingerprint density at radius 2 is 2.30 bits per heavy atom. The summed E-state index contributed by atoms with van der Waals surface area (Å²) in [4.78, 5) is 23.9. The van der Waals surface area contributed by atoms with Crippen LogP contribution in [0.1, 0.15) is 30.3 Å². The van der Waals surface area contributed by atoms with Crippen LogP contribution in [0.2, 0.25) is 0 Å². The number of carbonyl (C=O) groups excluding carboxylic acids is 1. The molecule has 1 fully saturated rings. The first kappa shape index (κ1) is 16.5. The molecule has 2 atom stereocenters. The van der Waals surface area contributed by atoms with Gasteiger partial charge in [-0.25, -0.2) is 0 Å². The average molecular weight is 304 g/mol.